The fourth-order valence-electron chi connectivity index (χ4n) is 0.560. The zero-order valence-electron chi connectivity index (χ0n) is 5.87. The van der Waals surface area contributed by atoms with E-state index < -0.39 is 34.4 Å². The molecule has 0 aromatic heterocycles. The van der Waals surface area contributed by atoms with Crippen LogP contribution in [0.15, 0.2) is 0 Å². The Morgan fingerprint density at radius 2 is 2.00 bits per heavy atom. The summed E-state index contributed by atoms with van der Waals surface area (Å²) < 4.78 is 29.0. The van der Waals surface area contributed by atoms with Crippen LogP contribution in [0.4, 0.5) is 0 Å². The molecule has 0 aliphatic heterocycles. The lowest BCUT2D eigenvalue weighted by molar-refractivity contribution is -0.242. The summed E-state index contributed by atoms with van der Waals surface area (Å²) in [5, 5.41) is 14.1. The Hall–Kier alpha value is -0.700. The van der Waals surface area contributed by atoms with Crippen LogP contribution in [0.5, 0.6) is 0 Å². The second-order valence-electron chi connectivity index (χ2n) is 1.96. The molecule has 8 heteroatoms. The molecule has 3 N–H and O–H groups in total. The fourth-order valence-corrected chi connectivity index (χ4v) is 1.21. The predicted octanol–water partition coefficient (Wildman–Crippen LogP) is -0.793. The van der Waals surface area contributed by atoms with Crippen LogP contribution in [-0.2, 0) is 19.8 Å². The molecule has 0 spiro atoms. The monoisotopic (exact) mass is 200 g/mol. The molecule has 0 saturated carbocycles. The summed E-state index contributed by atoms with van der Waals surface area (Å²) in [6.07, 6.45) is -0.509. The van der Waals surface area contributed by atoms with Gasteiger partial charge in [0.25, 0.3) is 10.1 Å². The van der Waals surface area contributed by atoms with Gasteiger partial charge in [-0.1, -0.05) is 0 Å². The highest BCUT2D eigenvalue weighted by Crippen LogP contribution is 2.04. The Morgan fingerprint density at radius 1 is 1.50 bits per heavy atom. The SMILES string of the molecule is O=C(O)C(CCOO)S(=O)(=O)O. The number of carboxylic acid groups (broad SMARTS) is 1. The normalized spacial score (nSPS) is 14.2. The van der Waals surface area contributed by atoms with Crippen LogP contribution in [0.1, 0.15) is 6.42 Å². The van der Waals surface area contributed by atoms with Gasteiger partial charge in [-0.25, -0.2) is 4.89 Å². The Balaban J connectivity index is 4.36. The zero-order valence-corrected chi connectivity index (χ0v) is 6.69. The van der Waals surface area contributed by atoms with Crippen molar-refractivity contribution in [3.8, 4) is 0 Å². The third kappa shape index (κ3) is 3.62. The third-order valence-electron chi connectivity index (χ3n) is 1.11. The van der Waals surface area contributed by atoms with Crippen molar-refractivity contribution in [1.29, 1.82) is 0 Å². The molecule has 0 rings (SSSR count). The number of carboxylic acids is 1. The molecule has 0 aromatic carbocycles. The Morgan fingerprint density at radius 3 is 2.25 bits per heavy atom. The molecule has 0 fully saturated rings. The van der Waals surface area contributed by atoms with Crippen LogP contribution in [0.25, 0.3) is 0 Å². The molecule has 0 aromatic rings. The van der Waals surface area contributed by atoms with Crippen molar-refractivity contribution in [2.75, 3.05) is 6.61 Å². The molecule has 12 heavy (non-hydrogen) atoms. The highest BCUT2D eigenvalue weighted by atomic mass is 32.2. The van der Waals surface area contributed by atoms with Gasteiger partial charge in [0.1, 0.15) is 0 Å². The molecule has 0 saturated heterocycles. The second kappa shape index (κ2) is 4.36. The van der Waals surface area contributed by atoms with Gasteiger partial charge in [-0.15, -0.1) is 0 Å². The third-order valence-corrected chi connectivity index (χ3v) is 2.26. The van der Waals surface area contributed by atoms with Crippen LogP contribution < -0.4 is 0 Å². The quantitative estimate of drug-likeness (QED) is 0.302. The van der Waals surface area contributed by atoms with E-state index in [2.05, 4.69) is 4.89 Å². The van der Waals surface area contributed by atoms with E-state index in [1.165, 1.54) is 0 Å². The topological polar surface area (TPSA) is 121 Å². The first-order valence-corrected chi connectivity index (χ1v) is 4.35. The van der Waals surface area contributed by atoms with Gasteiger partial charge in [0.2, 0.25) is 0 Å². The van der Waals surface area contributed by atoms with E-state index >= 15 is 0 Å². The molecule has 72 valence electrons. The first-order chi connectivity index (χ1) is 5.39. The highest BCUT2D eigenvalue weighted by molar-refractivity contribution is 7.87. The van der Waals surface area contributed by atoms with Gasteiger partial charge in [-0.2, -0.15) is 8.42 Å². The molecule has 0 radical (unpaired) electrons. The first kappa shape index (κ1) is 11.3. The summed E-state index contributed by atoms with van der Waals surface area (Å²) in [4.78, 5) is 13.7. The standard InChI is InChI=1S/C4H8O7S/c5-4(6)3(1-2-11-7)12(8,9)10/h3,7H,1-2H2,(H,5,6)(H,8,9,10). The lowest BCUT2D eigenvalue weighted by Crippen LogP contribution is -2.30. The van der Waals surface area contributed by atoms with Crippen molar-refractivity contribution in [3.05, 3.63) is 0 Å². The maximum absolute atomic E-state index is 10.3. The number of hydrogen-bond donors (Lipinski definition) is 3. The van der Waals surface area contributed by atoms with Crippen LogP contribution >= 0.6 is 0 Å². The van der Waals surface area contributed by atoms with Crippen molar-refractivity contribution < 1.29 is 33.0 Å². The summed E-state index contributed by atoms with van der Waals surface area (Å²) in [5.41, 5.74) is 0. The molecule has 7 nitrogen and oxygen atoms in total. The van der Waals surface area contributed by atoms with Crippen molar-refractivity contribution >= 4 is 16.1 Å². The Labute approximate surface area is 68.3 Å². The van der Waals surface area contributed by atoms with Gasteiger partial charge in [0.15, 0.2) is 5.25 Å². The maximum atomic E-state index is 10.3. The summed E-state index contributed by atoms with van der Waals surface area (Å²) in [6, 6.07) is 0. The molecule has 0 bridgehead atoms. The molecule has 0 aliphatic rings. The number of aliphatic carboxylic acids is 1. The van der Waals surface area contributed by atoms with Gasteiger partial charge in [0, 0.05) is 6.42 Å². The lowest BCUT2D eigenvalue weighted by Gasteiger charge is -2.06. The lowest BCUT2D eigenvalue weighted by atomic mass is 10.3. The van der Waals surface area contributed by atoms with Crippen LogP contribution in [0.2, 0.25) is 0 Å². The molecular formula is C4H8O7S. The van der Waals surface area contributed by atoms with E-state index in [4.69, 9.17) is 14.9 Å². The van der Waals surface area contributed by atoms with Crippen molar-refractivity contribution in [1.82, 2.24) is 0 Å². The largest absolute Gasteiger partial charge is 0.480 e. The second-order valence-corrected chi connectivity index (χ2v) is 3.56. The Bertz CT molecular complexity index is 242. The van der Waals surface area contributed by atoms with Crippen LogP contribution in [-0.4, -0.2) is 41.2 Å². The molecule has 0 amide bonds. The van der Waals surface area contributed by atoms with E-state index in [-0.39, 0.29) is 0 Å². The predicted molar refractivity (Wildman–Crippen MR) is 36.2 cm³/mol. The first-order valence-electron chi connectivity index (χ1n) is 2.85. The number of rotatable bonds is 5. The minimum absolute atomic E-state index is 0.475. The number of carbonyl (C=O) groups is 1. The van der Waals surface area contributed by atoms with Gasteiger partial charge in [0.05, 0.1) is 6.61 Å². The van der Waals surface area contributed by atoms with E-state index in [9.17, 15) is 13.2 Å². The van der Waals surface area contributed by atoms with Crippen LogP contribution in [0.3, 0.4) is 0 Å². The molecule has 1 unspecified atom stereocenters. The van der Waals surface area contributed by atoms with Crippen molar-refractivity contribution in [2.45, 2.75) is 11.7 Å². The summed E-state index contributed by atoms with van der Waals surface area (Å²) in [5.74, 6) is -1.69. The van der Waals surface area contributed by atoms with Gasteiger partial charge < -0.3 is 5.11 Å². The van der Waals surface area contributed by atoms with E-state index in [0.717, 1.165) is 0 Å². The maximum Gasteiger partial charge on any atom is 0.324 e. The smallest absolute Gasteiger partial charge is 0.324 e. The molecule has 0 heterocycles. The average Bonchev–Trinajstić information content (AvgIpc) is 1.84. The van der Waals surface area contributed by atoms with Gasteiger partial charge >= 0.3 is 5.97 Å². The average molecular weight is 200 g/mol. The minimum atomic E-state index is -4.63. The van der Waals surface area contributed by atoms with E-state index in [1.807, 2.05) is 0 Å². The van der Waals surface area contributed by atoms with Gasteiger partial charge in [-0.3, -0.25) is 14.6 Å². The van der Waals surface area contributed by atoms with Crippen molar-refractivity contribution in [3.63, 3.8) is 0 Å². The number of hydrogen-bond acceptors (Lipinski definition) is 5. The molecular weight excluding hydrogens is 192 g/mol. The molecule has 1 atom stereocenters. The fraction of sp³-hybridized carbons (Fsp3) is 0.750. The van der Waals surface area contributed by atoms with E-state index in [1.54, 1.807) is 0 Å². The van der Waals surface area contributed by atoms with Gasteiger partial charge in [-0.05, 0) is 0 Å². The zero-order chi connectivity index (χ0) is 9.78. The minimum Gasteiger partial charge on any atom is -0.480 e. The molecule has 0 aliphatic carbocycles. The highest BCUT2D eigenvalue weighted by Gasteiger charge is 2.30. The van der Waals surface area contributed by atoms with Crippen LogP contribution in [0, 0.1) is 0 Å². The van der Waals surface area contributed by atoms with E-state index in [0.29, 0.717) is 0 Å². The summed E-state index contributed by atoms with van der Waals surface area (Å²) in [6.45, 7) is -0.475. The summed E-state index contributed by atoms with van der Waals surface area (Å²) in [7, 11) is -4.63. The summed E-state index contributed by atoms with van der Waals surface area (Å²) >= 11 is 0. The Kier molecular flexibility index (Phi) is 4.10. The van der Waals surface area contributed by atoms with Crippen molar-refractivity contribution in [2.24, 2.45) is 0 Å².